The normalized spacial score (nSPS) is 33.6. The highest BCUT2D eigenvalue weighted by molar-refractivity contribution is 6.74. The molecule has 2 fully saturated rings. The lowest BCUT2D eigenvalue weighted by molar-refractivity contribution is -0.0947. The summed E-state index contributed by atoms with van der Waals surface area (Å²) in [6.45, 7) is 23.7. The van der Waals surface area contributed by atoms with E-state index in [1.165, 1.54) is 0 Å². The Hall–Kier alpha value is 0.274. The average molecular weight is 403 g/mol. The molecule has 0 bridgehead atoms. The minimum atomic E-state index is -1.85. The Morgan fingerprint density at radius 3 is 1.96 bits per heavy atom. The van der Waals surface area contributed by atoms with Gasteiger partial charge >= 0.3 is 0 Å². The van der Waals surface area contributed by atoms with E-state index in [1.807, 2.05) is 0 Å². The van der Waals surface area contributed by atoms with Crippen LogP contribution in [0.1, 0.15) is 54.4 Å². The predicted octanol–water partition coefficient (Wildman–Crippen LogP) is 5.14. The summed E-state index contributed by atoms with van der Waals surface area (Å²) in [4.78, 5) is 0. The Morgan fingerprint density at radius 2 is 1.46 bits per heavy atom. The van der Waals surface area contributed by atoms with Crippen molar-refractivity contribution in [2.75, 3.05) is 6.61 Å². The number of hydrogen-bond acceptors (Lipinski definition) is 4. The zero-order valence-electron chi connectivity index (χ0n) is 18.7. The van der Waals surface area contributed by atoms with Crippen molar-refractivity contribution in [3.63, 3.8) is 0 Å². The van der Waals surface area contributed by atoms with Crippen molar-refractivity contribution in [2.45, 2.75) is 109 Å². The number of hydrogen-bond donors (Lipinski definition) is 1. The lowest BCUT2D eigenvalue weighted by Gasteiger charge is -2.42. The zero-order chi connectivity index (χ0) is 20.1. The monoisotopic (exact) mass is 402 g/mol. The Balaban J connectivity index is 2.15. The summed E-state index contributed by atoms with van der Waals surface area (Å²) >= 11 is 0. The van der Waals surface area contributed by atoms with Crippen molar-refractivity contribution >= 4 is 16.6 Å². The molecule has 0 aromatic carbocycles. The molecular formula is C20H42O4Si2. The van der Waals surface area contributed by atoms with Crippen molar-refractivity contribution in [3.8, 4) is 0 Å². The van der Waals surface area contributed by atoms with Gasteiger partial charge in [0, 0.05) is 18.9 Å². The van der Waals surface area contributed by atoms with E-state index in [-0.39, 0.29) is 22.3 Å². The van der Waals surface area contributed by atoms with Crippen LogP contribution in [0.2, 0.25) is 36.3 Å². The van der Waals surface area contributed by atoms with Crippen LogP contribution in [0.5, 0.6) is 0 Å². The molecule has 0 aromatic heterocycles. The third kappa shape index (κ3) is 4.63. The topological polar surface area (TPSA) is 47.9 Å². The van der Waals surface area contributed by atoms with Gasteiger partial charge in [0.15, 0.2) is 22.9 Å². The number of rotatable bonds is 5. The summed E-state index contributed by atoms with van der Waals surface area (Å²) in [5, 5.41) is 10.4. The molecule has 2 aliphatic rings. The highest BCUT2D eigenvalue weighted by Crippen LogP contribution is 2.48. The summed E-state index contributed by atoms with van der Waals surface area (Å²) in [6, 6.07) is 0. The van der Waals surface area contributed by atoms with Gasteiger partial charge in [-0.25, -0.2) is 0 Å². The molecule has 5 atom stereocenters. The van der Waals surface area contributed by atoms with Gasteiger partial charge in [0.05, 0.1) is 12.2 Å². The number of fused-ring (bicyclic) bond motifs is 1. The van der Waals surface area contributed by atoms with Crippen molar-refractivity contribution in [1.82, 2.24) is 0 Å². The Morgan fingerprint density at radius 1 is 0.923 bits per heavy atom. The minimum Gasteiger partial charge on any atom is -0.416 e. The van der Waals surface area contributed by atoms with E-state index < -0.39 is 22.9 Å². The van der Waals surface area contributed by atoms with Crippen LogP contribution in [0.15, 0.2) is 0 Å². The number of ether oxygens (including phenoxy) is 1. The van der Waals surface area contributed by atoms with Crippen molar-refractivity contribution in [1.29, 1.82) is 0 Å². The molecule has 1 aliphatic carbocycles. The molecule has 2 rings (SSSR count). The second-order valence-corrected chi connectivity index (χ2v) is 21.0. The van der Waals surface area contributed by atoms with Crippen molar-refractivity contribution in [3.05, 3.63) is 0 Å². The smallest absolute Gasteiger partial charge is 0.192 e. The highest BCUT2D eigenvalue weighted by Gasteiger charge is 2.53. The van der Waals surface area contributed by atoms with E-state index in [1.54, 1.807) is 0 Å². The lowest BCUT2D eigenvalue weighted by Crippen LogP contribution is -2.47. The third-order valence-corrected chi connectivity index (χ3v) is 16.5. The molecular weight excluding hydrogens is 360 g/mol. The van der Waals surface area contributed by atoms with E-state index >= 15 is 0 Å². The van der Waals surface area contributed by atoms with Gasteiger partial charge in [0.1, 0.15) is 0 Å². The molecule has 1 N–H and O–H groups in total. The predicted molar refractivity (Wildman–Crippen MR) is 112 cm³/mol. The van der Waals surface area contributed by atoms with Crippen LogP contribution in [0.4, 0.5) is 0 Å². The molecule has 0 amide bonds. The van der Waals surface area contributed by atoms with Crippen LogP contribution in [-0.2, 0) is 13.6 Å². The van der Waals surface area contributed by atoms with E-state index in [9.17, 15) is 5.11 Å². The van der Waals surface area contributed by atoms with Gasteiger partial charge in [-0.1, -0.05) is 41.5 Å². The molecule has 6 heteroatoms. The van der Waals surface area contributed by atoms with Crippen LogP contribution in [0.3, 0.4) is 0 Å². The fraction of sp³-hybridized carbons (Fsp3) is 1.00. The third-order valence-electron chi connectivity index (χ3n) is 7.47. The van der Waals surface area contributed by atoms with Crippen LogP contribution in [0, 0.1) is 11.8 Å². The van der Waals surface area contributed by atoms with E-state index in [0.29, 0.717) is 18.3 Å². The summed E-state index contributed by atoms with van der Waals surface area (Å²) in [6.07, 6.45) is 1.29. The second kappa shape index (κ2) is 7.27. The molecule has 0 aromatic rings. The van der Waals surface area contributed by atoms with Crippen LogP contribution >= 0.6 is 0 Å². The van der Waals surface area contributed by atoms with Gasteiger partial charge in [-0.15, -0.1) is 0 Å². The summed E-state index contributed by atoms with van der Waals surface area (Å²) in [5.74, 6) is 0.671. The van der Waals surface area contributed by atoms with Crippen LogP contribution < -0.4 is 0 Å². The molecule has 2 unspecified atom stereocenters. The SMILES string of the molecule is CC(C)(C)[Si](C)(C)OC[C@H]1C(O[Si](C)(C)C(C)(C)C)C[C@@H]2OC(O)C[C@@H]21. The molecule has 4 nitrogen and oxygen atoms in total. The Labute approximate surface area is 163 Å². The molecule has 154 valence electrons. The van der Waals surface area contributed by atoms with Gasteiger partial charge in [-0.3, -0.25) is 0 Å². The minimum absolute atomic E-state index is 0.118. The zero-order valence-corrected chi connectivity index (χ0v) is 20.7. The maximum absolute atomic E-state index is 9.97. The van der Waals surface area contributed by atoms with E-state index in [2.05, 4.69) is 67.7 Å². The summed E-state index contributed by atoms with van der Waals surface area (Å²) in [7, 11) is -3.66. The van der Waals surface area contributed by atoms with Crippen LogP contribution in [0.25, 0.3) is 0 Å². The summed E-state index contributed by atoms with van der Waals surface area (Å²) in [5.41, 5.74) is 0. The van der Waals surface area contributed by atoms with Gasteiger partial charge in [-0.05, 0) is 48.6 Å². The first-order valence-corrected chi connectivity index (χ1v) is 16.0. The molecule has 1 saturated heterocycles. The van der Waals surface area contributed by atoms with Crippen molar-refractivity contribution < 1.29 is 18.7 Å². The van der Waals surface area contributed by atoms with Gasteiger partial charge in [0.25, 0.3) is 0 Å². The summed E-state index contributed by atoms with van der Waals surface area (Å²) < 4.78 is 19.2. The number of aliphatic hydroxyl groups excluding tert-OH is 1. The molecule has 26 heavy (non-hydrogen) atoms. The van der Waals surface area contributed by atoms with Crippen molar-refractivity contribution in [2.24, 2.45) is 11.8 Å². The number of aliphatic hydroxyl groups is 1. The van der Waals surface area contributed by atoms with Crippen LogP contribution in [-0.4, -0.2) is 46.8 Å². The Bertz CT molecular complexity index is 493. The maximum Gasteiger partial charge on any atom is 0.192 e. The van der Waals surface area contributed by atoms with E-state index in [0.717, 1.165) is 13.0 Å². The Kier molecular flexibility index (Phi) is 6.30. The first kappa shape index (κ1) is 22.6. The lowest BCUT2D eigenvalue weighted by atomic mass is 9.93. The molecule has 1 saturated carbocycles. The first-order valence-electron chi connectivity index (χ1n) is 10.2. The fourth-order valence-electron chi connectivity index (χ4n) is 3.55. The first-order chi connectivity index (χ1) is 11.6. The largest absolute Gasteiger partial charge is 0.416 e. The quantitative estimate of drug-likeness (QED) is 0.647. The van der Waals surface area contributed by atoms with Gasteiger partial charge in [-0.2, -0.15) is 0 Å². The molecule has 1 aliphatic heterocycles. The van der Waals surface area contributed by atoms with Gasteiger partial charge < -0.3 is 18.7 Å². The fourth-order valence-corrected chi connectivity index (χ4v) is 5.97. The van der Waals surface area contributed by atoms with E-state index in [4.69, 9.17) is 13.6 Å². The molecule has 0 spiro atoms. The maximum atomic E-state index is 9.97. The average Bonchev–Trinajstić information content (AvgIpc) is 2.89. The molecule has 1 heterocycles. The van der Waals surface area contributed by atoms with Gasteiger partial charge in [0.2, 0.25) is 0 Å². The standard InChI is InChI=1S/C20H42O4Si2/c1-19(2,3)25(7,8)22-13-15-14-11-18(21)23-16(14)12-17(15)24-26(9,10)20(4,5)6/h14-18,21H,11-13H2,1-10H3/t14-,15-,16+,17?,18?/m1/s1. The highest BCUT2D eigenvalue weighted by atomic mass is 28.4. The second-order valence-electron chi connectivity index (χ2n) is 11.4. The molecule has 0 radical (unpaired) electrons.